The highest BCUT2D eigenvalue weighted by Gasteiger charge is 2.24. The molecule has 0 aliphatic heterocycles. The van der Waals surface area contributed by atoms with E-state index in [4.69, 9.17) is 9.84 Å². The van der Waals surface area contributed by atoms with Crippen molar-refractivity contribution in [1.82, 2.24) is 5.32 Å². The predicted octanol–water partition coefficient (Wildman–Crippen LogP) is 1.61. The van der Waals surface area contributed by atoms with Gasteiger partial charge in [-0.1, -0.05) is 18.2 Å². The van der Waals surface area contributed by atoms with Crippen molar-refractivity contribution in [2.45, 2.75) is 32.2 Å². The van der Waals surface area contributed by atoms with Gasteiger partial charge in [0.15, 0.2) is 0 Å². The second-order valence-electron chi connectivity index (χ2n) is 4.96. The minimum Gasteiger partial charge on any atom is -0.496 e. The lowest BCUT2D eigenvalue weighted by atomic mass is 9.95. The summed E-state index contributed by atoms with van der Waals surface area (Å²) in [7, 11) is 1.61. The summed E-state index contributed by atoms with van der Waals surface area (Å²) >= 11 is 0. The molecule has 0 saturated heterocycles. The average Bonchev–Trinajstić information content (AvgIpc) is 2.36. The number of carbonyl (C=O) groups excluding carboxylic acids is 1. The zero-order valence-corrected chi connectivity index (χ0v) is 11.4. The molecular formula is C14H19NO4. The third-order valence-electron chi connectivity index (χ3n) is 2.86. The Kier molecular flexibility index (Phi) is 4.92. The molecule has 0 aliphatic carbocycles. The Morgan fingerprint density at radius 2 is 1.95 bits per heavy atom. The molecule has 5 heteroatoms. The molecule has 0 radical (unpaired) electrons. The number of hydrogen-bond donors (Lipinski definition) is 2. The number of benzene rings is 1. The van der Waals surface area contributed by atoms with Crippen LogP contribution in [0.2, 0.25) is 0 Å². The van der Waals surface area contributed by atoms with E-state index < -0.39 is 17.4 Å². The van der Waals surface area contributed by atoms with E-state index in [0.29, 0.717) is 12.8 Å². The highest BCUT2D eigenvalue weighted by molar-refractivity contribution is 6.31. The van der Waals surface area contributed by atoms with Gasteiger partial charge in [-0.3, -0.25) is 4.79 Å². The fourth-order valence-corrected chi connectivity index (χ4v) is 1.78. The minimum atomic E-state index is -1.47. The first-order valence-electron chi connectivity index (χ1n) is 6.03. The highest BCUT2D eigenvalue weighted by Crippen LogP contribution is 2.21. The lowest BCUT2D eigenvalue weighted by Gasteiger charge is -2.25. The van der Waals surface area contributed by atoms with Crippen LogP contribution >= 0.6 is 0 Å². The van der Waals surface area contributed by atoms with Crippen molar-refractivity contribution in [2.75, 3.05) is 7.11 Å². The van der Waals surface area contributed by atoms with Crippen LogP contribution < -0.4 is 10.1 Å². The van der Waals surface area contributed by atoms with Gasteiger partial charge in [0.1, 0.15) is 5.75 Å². The molecule has 0 saturated carbocycles. The standard InChI is InChI=1S/C14H19NO4/c1-14(2,15-12(16)13(17)18)9-8-10-6-4-5-7-11(10)19-3/h4-7H,8-9H2,1-3H3,(H,15,16)(H,17,18). The predicted molar refractivity (Wildman–Crippen MR) is 71.2 cm³/mol. The SMILES string of the molecule is COc1ccccc1CCC(C)(C)NC(=O)C(=O)O. The Hall–Kier alpha value is -2.04. The molecule has 0 aliphatic rings. The molecular weight excluding hydrogens is 246 g/mol. The van der Waals surface area contributed by atoms with Crippen LogP contribution in [-0.2, 0) is 16.0 Å². The van der Waals surface area contributed by atoms with Gasteiger partial charge in [0.2, 0.25) is 0 Å². The van der Waals surface area contributed by atoms with Crippen LogP contribution in [0.25, 0.3) is 0 Å². The maximum Gasteiger partial charge on any atom is 0.394 e. The van der Waals surface area contributed by atoms with E-state index >= 15 is 0 Å². The van der Waals surface area contributed by atoms with Crippen molar-refractivity contribution in [2.24, 2.45) is 0 Å². The third kappa shape index (κ3) is 4.62. The van der Waals surface area contributed by atoms with Gasteiger partial charge in [-0.05, 0) is 38.3 Å². The van der Waals surface area contributed by atoms with Crippen molar-refractivity contribution in [3.8, 4) is 5.75 Å². The Morgan fingerprint density at radius 3 is 2.53 bits per heavy atom. The monoisotopic (exact) mass is 265 g/mol. The van der Waals surface area contributed by atoms with Crippen LogP contribution in [-0.4, -0.2) is 29.6 Å². The first-order valence-corrected chi connectivity index (χ1v) is 6.03. The summed E-state index contributed by atoms with van der Waals surface area (Å²) in [6.45, 7) is 3.59. The summed E-state index contributed by atoms with van der Waals surface area (Å²) in [5, 5.41) is 11.1. The van der Waals surface area contributed by atoms with Gasteiger partial charge in [-0.25, -0.2) is 4.79 Å². The number of methoxy groups -OCH3 is 1. The van der Waals surface area contributed by atoms with Crippen molar-refractivity contribution < 1.29 is 19.4 Å². The molecule has 1 aromatic rings. The van der Waals surface area contributed by atoms with E-state index in [1.54, 1.807) is 21.0 Å². The summed E-state index contributed by atoms with van der Waals surface area (Å²) in [5.41, 5.74) is 0.443. The summed E-state index contributed by atoms with van der Waals surface area (Å²) in [6, 6.07) is 7.63. The highest BCUT2D eigenvalue weighted by atomic mass is 16.5. The minimum absolute atomic E-state index is 0.587. The Bertz CT molecular complexity index is 468. The smallest absolute Gasteiger partial charge is 0.394 e. The molecule has 1 amide bonds. The molecule has 1 aromatic carbocycles. The number of aryl methyl sites for hydroxylation is 1. The molecule has 0 bridgehead atoms. The fourth-order valence-electron chi connectivity index (χ4n) is 1.78. The lowest BCUT2D eigenvalue weighted by molar-refractivity contribution is -0.151. The molecule has 2 N–H and O–H groups in total. The topological polar surface area (TPSA) is 75.6 Å². The van der Waals surface area contributed by atoms with E-state index in [1.165, 1.54) is 0 Å². The Morgan fingerprint density at radius 1 is 1.32 bits per heavy atom. The van der Waals surface area contributed by atoms with Crippen molar-refractivity contribution >= 4 is 11.9 Å². The average molecular weight is 265 g/mol. The quantitative estimate of drug-likeness (QED) is 0.793. The van der Waals surface area contributed by atoms with E-state index in [1.807, 2.05) is 24.3 Å². The summed E-state index contributed by atoms with van der Waals surface area (Å²) in [4.78, 5) is 21.7. The van der Waals surface area contributed by atoms with Crippen LogP contribution in [0.15, 0.2) is 24.3 Å². The van der Waals surface area contributed by atoms with E-state index in [-0.39, 0.29) is 0 Å². The number of carboxylic acids is 1. The molecule has 104 valence electrons. The molecule has 0 heterocycles. The van der Waals surface area contributed by atoms with Crippen molar-refractivity contribution in [3.63, 3.8) is 0 Å². The molecule has 0 spiro atoms. The molecule has 0 unspecified atom stereocenters. The number of nitrogens with one attached hydrogen (secondary N) is 1. The van der Waals surface area contributed by atoms with Crippen molar-refractivity contribution in [3.05, 3.63) is 29.8 Å². The zero-order valence-electron chi connectivity index (χ0n) is 11.4. The molecule has 5 nitrogen and oxygen atoms in total. The first-order chi connectivity index (χ1) is 8.85. The maximum absolute atomic E-state index is 11.2. The largest absolute Gasteiger partial charge is 0.496 e. The Labute approximate surface area is 112 Å². The number of para-hydroxylation sites is 1. The van der Waals surface area contributed by atoms with Crippen LogP contribution in [0.1, 0.15) is 25.8 Å². The normalized spacial score (nSPS) is 10.9. The number of amides is 1. The lowest BCUT2D eigenvalue weighted by Crippen LogP contribution is -2.46. The zero-order chi connectivity index (χ0) is 14.5. The molecule has 19 heavy (non-hydrogen) atoms. The van der Waals surface area contributed by atoms with Crippen LogP contribution in [0, 0.1) is 0 Å². The van der Waals surface area contributed by atoms with Gasteiger partial charge in [-0.15, -0.1) is 0 Å². The molecule has 0 aromatic heterocycles. The van der Waals surface area contributed by atoms with Gasteiger partial charge in [-0.2, -0.15) is 0 Å². The second kappa shape index (κ2) is 6.22. The second-order valence-corrected chi connectivity index (χ2v) is 4.96. The third-order valence-corrected chi connectivity index (χ3v) is 2.86. The van der Waals surface area contributed by atoms with E-state index in [9.17, 15) is 9.59 Å². The maximum atomic E-state index is 11.2. The Balaban J connectivity index is 2.64. The fraction of sp³-hybridized carbons (Fsp3) is 0.429. The molecule has 0 fully saturated rings. The number of carbonyl (C=O) groups is 2. The van der Waals surface area contributed by atoms with E-state index in [2.05, 4.69) is 5.32 Å². The summed E-state index contributed by atoms with van der Waals surface area (Å²) in [5.74, 6) is -1.65. The van der Waals surface area contributed by atoms with Crippen LogP contribution in [0.5, 0.6) is 5.75 Å². The number of hydrogen-bond acceptors (Lipinski definition) is 3. The van der Waals surface area contributed by atoms with Gasteiger partial charge in [0.25, 0.3) is 0 Å². The van der Waals surface area contributed by atoms with Gasteiger partial charge < -0.3 is 15.2 Å². The number of rotatable bonds is 5. The van der Waals surface area contributed by atoms with Gasteiger partial charge in [0.05, 0.1) is 7.11 Å². The summed E-state index contributed by atoms with van der Waals surface area (Å²) < 4.78 is 5.25. The number of ether oxygens (including phenoxy) is 1. The van der Waals surface area contributed by atoms with E-state index in [0.717, 1.165) is 11.3 Å². The van der Waals surface area contributed by atoms with Crippen molar-refractivity contribution in [1.29, 1.82) is 0 Å². The van der Waals surface area contributed by atoms with Crippen LogP contribution in [0.3, 0.4) is 0 Å². The van der Waals surface area contributed by atoms with Crippen LogP contribution in [0.4, 0.5) is 0 Å². The van der Waals surface area contributed by atoms with Gasteiger partial charge >= 0.3 is 11.9 Å². The number of aliphatic carboxylic acids is 1. The molecule has 1 rings (SSSR count). The molecule has 0 atom stereocenters. The first kappa shape index (κ1) is 15.0. The van der Waals surface area contributed by atoms with Gasteiger partial charge in [0, 0.05) is 5.54 Å². The number of carboxylic acid groups (broad SMARTS) is 1. The summed E-state index contributed by atoms with van der Waals surface area (Å²) in [6.07, 6.45) is 1.31.